The third kappa shape index (κ3) is 3.90. The van der Waals surface area contributed by atoms with E-state index in [0.717, 1.165) is 23.3 Å². The molecule has 0 spiro atoms. The standard InChI is InChI=1S/C49H32N2/c1-2-46-50-43-24-11-12-25-45(43)51(46)44-29-28-41(32-16-5-6-17-33(32)44)48-35-18-7-9-20-37(35)49(38-21-10-8-19-36(38)48)42-27-26-40-31-15-4-3-14-30(31)34-22-13-23-39(42)47(34)40/h3-29H,2H2,1H3. The first-order chi connectivity index (χ1) is 25.3. The van der Waals surface area contributed by atoms with Gasteiger partial charge in [-0.3, -0.25) is 4.57 Å². The second-order valence-corrected chi connectivity index (χ2v) is 13.7. The first-order valence-electron chi connectivity index (χ1n) is 17.9. The van der Waals surface area contributed by atoms with Gasteiger partial charge in [0, 0.05) is 11.8 Å². The van der Waals surface area contributed by atoms with E-state index in [4.69, 9.17) is 4.98 Å². The molecule has 0 radical (unpaired) electrons. The quantitative estimate of drug-likeness (QED) is 0.174. The molecular weight excluding hydrogens is 617 g/mol. The van der Waals surface area contributed by atoms with Crippen molar-refractivity contribution >= 4 is 54.1 Å². The van der Waals surface area contributed by atoms with Crippen molar-refractivity contribution < 1.29 is 0 Å². The van der Waals surface area contributed by atoms with E-state index in [1.807, 2.05) is 0 Å². The summed E-state index contributed by atoms with van der Waals surface area (Å²) in [6, 6.07) is 60.4. The fourth-order valence-electron chi connectivity index (χ4n) is 9.01. The maximum absolute atomic E-state index is 5.03. The van der Waals surface area contributed by atoms with Crippen molar-refractivity contribution in [3.63, 3.8) is 0 Å². The Kier molecular flexibility index (Phi) is 5.97. The van der Waals surface area contributed by atoms with Crippen LogP contribution in [-0.2, 0) is 6.42 Å². The van der Waals surface area contributed by atoms with Crippen molar-refractivity contribution in [1.29, 1.82) is 0 Å². The van der Waals surface area contributed by atoms with Gasteiger partial charge in [-0.15, -0.1) is 0 Å². The number of imidazole rings is 1. The van der Waals surface area contributed by atoms with Crippen LogP contribution in [0.2, 0.25) is 0 Å². The SMILES string of the molecule is CCc1nc2ccccc2n1-c1ccc(-c2c3ccccc3c(-c3ccc4c5c(cccc35)-c3ccccc3-4)c3ccccc23)c2ccccc12. The molecule has 0 saturated carbocycles. The molecule has 51 heavy (non-hydrogen) atoms. The van der Waals surface area contributed by atoms with Crippen LogP contribution in [0.4, 0.5) is 0 Å². The van der Waals surface area contributed by atoms with Crippen molar-refractivity contribution in [2.45, 2.75) is 13.3 Å². The second-order valence-electron chi connectivity index (χ2n) is 13.7. The zero-order valence-electron chi connectivity index (χ0n) is 28.2. The Morgan fingerprint density at radius 2 is 0.863 bits per heavy atom. The van der Waals surface area contributed by atoms with Crippen molar-refractivity contribution in [3.8, 4) is 50.2 Å². The first kappa shape index (κ1) is 28.3. The van der Waals surface area contributed by atoms with E-state index in [9.17, 15) is 0 Å². The number of aromatic nitrogens is 2. The predicted octanol–water partition coefficient (Wildman–Crippen LogP) is 13.2. The van der Waals surface area contributed by atoms with E-state index < -0.39 is 0 Å². The molecule has 0 N–H and O–H groups in total. The monoisotopic (exact) mass is 648 g/mol. The maximum atomic E-state index is 5.03. The Balaban J connectivity index is 1.22. The van der Waals surface area contributed by atoms with E-state index in [2.05, 4.69) is 175 Å². The van der Waals surface area contributed by atoms with Gasteiger partial charge < -0.3 is 0 Å². The summed E-state index contributed by atoms with van der Waals surface area (Å²) in [5.74, 6) is 1.07. The normalized spacial score (nSPS) is 12.1. The Morgan fingerprint density at radius 3 is 1.53 bits per heavy atom. The molecule has 11 rings (SSSR count). The molecule has 0 fully saturated rings. The van der Waals surface area contributed by atoms with Gasteiger partial charge in [0.25, 0.3) is 0 Å². The fraction of sp³-hybridized carbons (Fsp3) is 0.0408. The molecule has 0 aliphatic heterocycles. The molecule has 1 aromatic heterocycles. The topological polar surface area (TPSA) is 17.8 Å². The fourth-order valence-corrected chi connectivity index (χ4v) is 9.01. The molecule has 238 valence electrons. The van der Waals surface area contributed by atoms with Gasteiger partial charge in [-0.2, -0.15) is 0 Å². The molecule has 1 aliphatic carbocycles. The number of hydrogen-bond donors (Lipinski definition) is 0. The van der Waals surface area contributed by atoms with Gasteiger partial charge in [0.05, 0.1) is 16.7 Å². The van der Waals surface area contributed by atoms with Crippen LogP contribution in [0.1, 0.15) is 12.7 Å². The lowest BCUT2D eigenvalue weighted by atomic mass is 9.83. The van der Waals surface area contributed by atoms with Crippen LogP contribution in [-0.4, -0.2) is 9.55 Å². The molecule has 0 amide bonds. The lowest BCUT2D eigenvalue weighted by Crippen LogP contribution is -2.01. The van der Waals surface area contributed by atoms with E-state index >= 15 is 0 Å². The molecule has 1 aliphatic rings. The van der Waals surface area contributed by atoms with Gasteiger partial charge in [-0.05, 0) is 100 Å². The predicted molar refractivity (Wildman–Crippen MR) is 216 cm³/mol. The average Bonchev–Trinajstić information content (AvgIpc) is 3.74. The Morgan fingerprint density at radius 1 is 0.392 bits per heavy atom. The minimum Gasteiger partial charge on any atom is -0.296 e. The lowest BCUT2D eigenvalue weighted by Gasteiger charge is -2.21. The number of benzene rings is 9. The highest BCUT2D eigenvalue weighted by Crippen LogP contribution is 2.52. The molecule has 0 saturated heterocycles. The average molecular weight is 649 g/mol. The molecule has 10 aromatic rings. The van der Waals surface area contributed by atoms with Gasteiger partial charge in [-0.1, -0.05) is 153 Å². The molecule has 1 heterocycles. The minimum absolute atomic E-state index is 0.852. The number of nitrogens with zero attached hydrogens (tertiary/aromatic N) is 2. The van der Waals surface area contributed by atoms with Crippen molar-refractivity contribution in [3.05, 3.63) is 170 Å². The smallest absolute Gasteiger partial charge is 0.114 e. The van der Waals surface area contributed by atoms with E-state index in [-0.39, 0.29) is 0 Å². The van der Waals surface area contributed by atoms with Crippen LogP contribution < -0.4 is 0 Å². The van der Waals surface area contributed by atoms with E-state index in [0.29, 0.717) is 0 Å². The highest BCUT2D eigenvalue weighted by Gasteiger charge is 2.25. The molecule has 0 bridgehead atoms. The number of hydrogen-bond acceptors (Lipinski definition) is 1. The molecule has 2 heteroatoms. The summed E-state index contributed by atoms with van der Waals surface area (Å²) in [5, 5.41) is 10.2. The van der Waals surface area contributed by atoms with E-state index in [1.54, 1.807) is 0 Å². The van der Waals surface area contributed by atoms with E-state index in [1.165, 1.54) is 93.3 Å². The molecule has 9 aromatic carbocycles. The van der Waals surface area contributed by atoms with Crippen molar-refractivity contribution in [2.75, 3.05) is 0 Å². The number of rotatable bonds is 4. The molecule has 0 atom stereocenters. The highest BCUT2D eigenvalue weighted by atomic mass is 15.1. The zero-order valence-corrected chi connectivity index (χ0v) is 28.2. The number of aryl methyl sites for hydroxylation is 1. The van der Waals surface area contributed by atoms with Crippen LogP contribution in [0.25, 0.3) is 104 Å². The van der Waals surface area contributed by atoms with Crippen LogP contribution >= 0.6 is 0 Å². The van der Waals surface area contributed by atoms with Crippen LogP contribution in [0, 0.1) is 0 Å². The summed E-state index contributed by atoms with van der Waals surface area (Å²) in [5.41, 5.74) is 13.7. The summed E-state index contributed by atoms with van der Waals surface area (Å²) in [7, 11) is 0. The zero-order chi connectivity index (χ0) is 33.6. The largest absolute Gasteiger partial charge is 0.296 e. The Hall–Kier alpha value is -6.51. The van der Waals surface area contributed by atoms with Gasteiger partial charge in [-0.25, -0.2) is 4.98 Å². The number of fused-ring (bicyclic) bond motifs is 7. The number of para-hydroxylation sites is 2. The first-order valence-corrected chi connectivity index (χ1v) is 17.9. The maximum Gasteiger partial charge on any atom is 0.114 e. The van der Waals surface area contributed by atoms with Crippen LogP contribution in [0.5, 0.6) is 0 Å². The highest BCUT2D eigenvalue weighted by molar-refractivity contribution is 6.27. The third-order valence-electron chi connectivity index (χ3n) is 11.1. The summed E-state index contributed by atoms with van der Waals surface area (Å²) in [6.07, 6.45) is 0.852. The lowest BCUT2D eigenvalue weighted by molar-refractivity contribution is 0.913. The molecule has 2 nitrogen and oxygen atoms in total. The van der Waals surface area contributed by atoms with Crippen molar-refractivity contribution in [2.24, 2.45) is 0 Å². The van der Waals surface area contributed by atoms with Gasteiger partial charge in [0.1, 0.15) is 5.82 Å². The van der Waals surface area contributed by atoms with Crippen LogP contribution in [0.3, 0.4) is 0 Å². The van der Waals surface area contributed by atoms with Gasteiger partial charge in [0.15, 0.2) is 0 Å². The second kappa shape index (κ2) is 10.7. The minimum atomic E-state index is 0.852. The summed E-state index contributed by atoms with van der Waals surface area (Å²) >= 11 is 0. The van der Waals surface area contributed by atoms with Gasteiger partial charge in [0.2, 0.25) is 0 Å². The van der Waals surface area contributed by atoms with Crippen LogP contribution in [0.15, 0.2) is 164 Å². The Bertz CT molecular complexity index is 2980. The summed E-state index contributed by atoms with van der Waals surface area (Å²) < 4.78 is 2.36. The Labute approximate surface area is 295 Å². The third-order valence-corrected chi connectivity index (χ3v) is 11.1. The van der Waals surface area contributed by atoms with Crippen molar-refractivity contribution in [1.82, 2.24) is 9.55 Å². The van der Waals surface area contributed by atoms with Gasteiger partial charge >= 0.3 is 0 Å². The molecular formula is C49H32N2. The summed E-state index contributed by atoms with van der Waals surface area (Å²) in [4.78, 5) is 5.03. The molecule has 0 unspecified atom stereocenters. The summed E-state index contributed by atoms with van der Waals surface area (Å²) in [6.45, 7) is 2.19.